The molecular weight excluding hydrogens is 276 g/mol. The number of halogens is 1. The fraction of sp³-hybridized carbons (Fsp3) is 0.643. The minimum Gasteiger partial charge on any atom is -0.300 e. The molecule has 3 heteroatoms. The van der Waals surface area contributed by atoms with Gasteiger partial charge < -0.3 is 4.90 Å². The van der Waals surface area contributed by atoms with E-state index in [1.54, 1.807) is 0 Å². The maximum Gasteiger partial charge on any atom is 0.0436 e. The fourth-order valence-electron chi connectivity index (χ4n) is 2.94. The van der Waals surface area contributed by atoms with Crippen molar-refractivity contribution in [1.29, 1.82) is 0 Å². The van der Waals surface area contributed by atoms with Gasteiger partial charge in [0.15, 0.2) is 0 Å². The van der Waals surface area contributed by atoms with Gasteiger partial charge in [-0.25, -0.2) is 0 Å². The van der Waals surface area contributed by atoms with E-state index in [0.29, 0.717) is 5.92 Å². The molecule has 1 saturated carbocycles. The second-order valence-corrected chi connectivity index (χ2v) is 6.21. The molecule has 92 valence electrons. The highest BCUT2D eigenvalue weighted by Gasteiger charge is 2.29. The van der Waals surface area contributed by atoms with Gasteiger partial charge >= 0.3 is 0 Å². The van der Waals surface area contributed by atoms with Crippen molar-refractivity contribution in [1.82, 2.24) is 9.88 Å². The minimum atomic E-state index is 0.680. The van der Waals surface area contributed by atoms with Gasteiger partial charge in [-0.1, -0.05) is 6.42 Å². The molecule has 17 heavy (non-hydrogen) atoms. The molecule has 1 saturated heterocycles. The van der Waals surface area contributed by atoms with Crippen molar-refractivity contribution in [3.8, 4) is 0 Å². The molecule has 0 radical (unpaired) electrons. The van der Waals surface area contributed by atoms with E-state index in [9.17, 15) is 0 Å². The molecule has 0 bridgehead atoms. The molecule has 2 heterocycles. The first-order valence-electron chi connectivity index (χ1n) is 6.68. The topological polar surface area (TPSA) is 16.1 Å². The number of rotatable bonds is 2. The lowest BCUT2D eigenvalue weighted by atomic mass is 9.87. The summed E-state index contributed by atoms with van der Waals surface area (Å²) in [5, 5.41) is 0. The van der Waals surface area contributed by atoms with Gasteiger partial charge in [-0.05, 0) is 66.8 Å². The van der Waals surface area contributed by atoms with Gasteiger partial charge in [-0.3, -0.25) is 4.98 Å². The first kappa shape index (κ1) is 11.7. The highest BCUT2D eigenvalue weighted by molar-refractivity contribution is 9.10. The normalized spacial score (nSPS) is 23.6. The van der Waals surface area contributed by atoms with Crippen LogP contribution in [-0.4, -0.2) is 29.0 Å². The number of hydrogen-bond donors (Lipinski definition) is 0. The van der Waals surface area contributed by atoms with E-state index in [4.69, 9.17) is 0 Å². The Hall–Kier alpha value is -0.410. The van der Waals surface area contributed by atoms with Crippen LogP contribution in [0.25, 0.3) is 0 Å². The molecule has 1 aromatic rings. The van der Waals surface area contributed by atoms with Crippen molar-refractivity contribution in [3.05, 3.63) is 28.5 Å². The van der Waals surface area contributed by atoms with E-state index in [0.717, 1.165) is 10.5 Å². The lowest BCUT2D eigenvalue weighted by Gasteiger charge is -2.41. The van der Waals surface area contributed by atoms with E-state index in [-0.39, 0.29) is 0 Å². The first-order valence-corrected chi connectivity index (χ1v) is 7.48. The molecule has 2 aliphatic rings. The molecule has 2 fully saturated rings. The average Bonchev–Trinajstić information content (AvgIpc) is 2.29. The van der Waals surface area contributed by atoms with E-state index in [1.165, 1.54) is 50.9 Å². The molecule has 0 aromatic carbocycles. The van der Waals surface area contributed by atoms with Gasteiger partial charge in [-0.15, -0.1) is 0 Å². The Bertz CT molecular complexity index is 364. The monoisotopic (exact) mass is 294 g/mol. The molecule has 3 rings (SSSR count). The predicted octanol–water partition coefficient (Wildman–Crippen LogP) is 3.58. The largest absolute Gasteiger partial charge is 0.300 e. The lowest BCUT2D eigenvalue weighted by Crippen LogP contribution is -2.44. The molecule has 0 unspecified atom stereocenters. The molecule has 1 aromatic heterocycles. The van der Waals surface area contributed by atoms with Gasteiger partial charge in [0.2, 0.25) is 0 Å². The van der Waals surface area contributed by atoms with E-state index >= 15 is 0 Å². The summed E-state index contributed by atoms with van der Waals surface area (Å²) < 4.78 is 1.08. The van der Waals surface area contributed by atoms with Crippen LogP contribution < -0.4 is 0 Å². The van der Waals surface area contributed by atoms with Gasteiger partial charge in [0.25, 0.3) is 0 Å². The van der Waals surface area contributed by atoms with Gasteiger partial charge in [0.05, 0.1) is 0 Å². The predicted molar refractivity (Wildman–Crippen MR) is 73.1 cm³/mol. The summed E-state index contributed by atoms with van der Waals surface area (Å²) in [6, 6.07) is 5.20. The van der Waals surface area contributed by atoms with E-state index in [1.807, 2.05) is 6.20 Å². The van der Waals surface area contributed by atoms with Crippen LogP contribution in [0.1, 0.15) is 43.7 Å². The van der Waals surface area contributed by atoms with E-state index < -0.39 is 0 Å². The number of likely N-dealkylation sites (tertiary alicyclic amines) is 1. The molecule has 0 N–H and O–H groups in total. The van der Waals surface area contributed by atoms with Crippen molar-refractivity contribution in [2.24, 2.45) is 0 Å². The molecule has 0 amide bonds. The van der Waals surface area contributed by atoms with Gasteiger partial charge in [0.1, 0.15) is 0 Å². The van der Waals surface area contributed by atoms with Crippen LogP contribution in [0.2, 0.25) is 0 Å². The Labute approximate surface area is 112 Å². The van der Waals surface area contributed by atoms with Crippen molar-refractivity contribution in [2.75, 3.05) is 13.1 Å². The number of nitrogens with zero attached hydrogens (tertiary/aromatic N) is 2. The van der Waals surface area contributed by atoms with Crippen molar-refractivity contribution in [3.63, 3.8) is 0 Å². The molecule has 1 aliphatic heterocycles. The van der Waals surface area contributed by atoms with Crippen LogP contribution in [0.3, 0.4) is 0 Å². The third-order valence-corrected chi connectivity index (χ3v) is 4.76. The second kappa shape index (κ2) is 5.07. The zero-order chi connectivity index (χ0) is 11.7. The maximum absolute atomic E-state index is 4.54. The molecule has 0 atom stereocenters. The third-order valence-electron chi connectivity index (χ3n) is 4.29. The van der Waals surface area contributed by atoms with Crippen molar-refractivity contribution < 1.29 is 0 Å². The Kier molecular flexibility index (Phi) is 3.48. The van der Waals surface area contributed by atoms with Crippen molar-refractivity contribution >= 4 is 15.9 Å². The highest BCUT2D eigenvalue weighted by atomic mass is 79.9. The zero-order valence-electron chi connectivity index (χ0n) is 10.1. The van der Waals surface area contributed by atoms with Crippen LogP contribution in [0, 0.1) is 0 Å². The van der Waals surface area contributed by atoms with Crippen LogP contribution in [0.15, 0.2) is 22.8 Å². The Morgan fingerprint density at radius 2 is 1.88 bits per heavy atom. The second-order valence-electron chi connectivity index (χ2n) is 5.30. The third kappa shape index (κ3) is 2.55. The molecule has 1 aliphatic carbocycles. The Morgan fingerprint density at radius 3 is 2.41 bits per heavy atom. The fourth-order valence-corrected chi connectivity index (χ4v) is 3.18. The standard InChI is InChI=1S/C14H19BrN2/c15-12-4-5-14(16-10-12)11-6-8-17(9-7-11)13-2-1-3-13/h4-5,10-11,13H,1-3,6-9H2. The Balaban J connectivity index is 1.58. The molecule has 0 spiro atoms. The molecule has 2 nitrogen and oxygen atoms in total. The summed E-state index contributed by atoms with van der Waals surface area (Å²) in [7, 11) is 0. The van der Waals surface area contributed by atoms with E-state index in [2.05, 4.69) is 37.9 Å². The summed E-state index contributed by atoms with van der Waals surface area (Å²) in [4.78, 5) is 7.23. The smallest absolute Gasteiger partial charge is 0.0436 e. The van der Waals surface area contributed by atoms with Gasteiger partial charge in [-0.2, -0.15) is 0 Å². The lowest BCUT2D eigenvalue weighted by molar-refractivity contribution is 0.0970. The highest BCUT2D eigenvalue weighted by Crippen LogP contribution is 2.32. The number of piperidine rings is 1. The van der Waals surface area contributed by atoms with Crippen molar-refractivity contribution in [2.45, 2.75) is 44.1 Å². The quantitative estimate of drug-likeness (QED) is 0.829. The zero-order valence-corrected chi connectivity index (χ0v) is 11.7. The summed E-state index contributed by atoms with van der Waals surface area (Å²) >= 11 is 3.44. The molecular formula is C14H19BrN2. The van der Waals surface area contributed by atoms with Crippen LogP contribution in [0.5, 0.6) is 0 Å². The summed E-state index contributed by atoms with van der Waals surface area (Å²) in [5.41, 5.74) is 1.28. The van der Waals surface area contributed by atoms with Crippen LogP contribution >= 0.6 is 15.9 Å². The maximum atomic E-state index is 4.54. The van der Waals surface area contributed by atoms with Gasteiger partial charge in [0, 0.05) is 28.3 Å². The summed E-state index contributed by atoms with van der Waals surface area (Å²) in [6.07, 6.45) is 8.80. The Morgan fingerprint density at radius 1 is 1.12 bits per heavy atom. The van der Waals surface area contributed by atoms with Crippen LogP contribution in [0.4, 0.5) is 0 Å². The first-order chi connectivity index (χ1) is 8.33. The number of aromatic nitrogens is 1. The summed E-state index contributed by atoms with van der Waals surface area (Å²) in [5.74, 6) is 0.680. The average molecular weight is 295 g/mol. The number of pyridine rings is 1. The number of hydrogen-bond acceptors (Lipinski definition) is 2. The summed E-state index contributed by atoms with van der Waals surface area (Å²) in [6.45, 7) is 2.54. The SMILES string of the molecule is Brc1ccc(C2CCN(C3CCC3)CC2)nc1. The minimum absolute atomic E-state index is 0.680. The van der Waals surface area contributed by atoms with Crippen LogP contribution in [-0.2, 0) is 0 Å².